The fraction of sp³-hybridized carbons (Fsp3) is 0.538. The number of unbranched alkanes of at least 4 members (excludes halogenated alkanes) is 1. The van der Waals surface area contributed by atoms with Gasteiger partial charge in [0.2, 0.25) is 0 Å². The van der Waals surface area contributed by atoms with Gasteiger partial charge in [-0.25, -0.2) is 14.4 Å². The molecule has 2 aromatic rings. The van der Waals surface area contributed by atoms with Crippen molar-refractivity contribution < 1.29 is 53.8 Å². The van der Waals surface area contributed by atoms with Crippen molar-refractivity contribution in [3.8, 4) is 0 Å². The lowest BCUT2D eigenvalue weighted by Crippen LogP contribution is -2.52. The molecule has 0 fully saturated rings. The second-order valence-corrected chi connectivity index (χ2v) is 10.0. The summed E-state index contributed by atoms with van der Waals surface area (Å²) in [6.45, 7) is 1.37. The lowest BCUT2D eigenvalue weighted by Gasteiger charge is -2.26. The number of nitrogens with zero attached hydrogens (tertiary/aromatic N) is 6. The van der Waals surface area contributed by atoms with Crippen LogP contribution < -0.4 is 10.6 Å². The van der Waals surface area contributed by atoms with Crippen LogP contribution in [0.15, 0.2) is 24.4 Å². The standard InChI is InChI=1S/C26H36N8O13/c1-31(26(41)28-20(24(37)38)7-8-23(35)36)21(25(39)40)4-2-3-10-32-15-17(29-30-32)16-47-13-12-46-11-9-27-19-6-5-18(33(42)43)14-22(19)34(44)45/h5-6,14-15,20-21,27H,2-4,7-13,16H2,1H3,(H,28,41)(H,35,36)(H,37,38)(H,39,40). The minimum absolute atomic E-state index is 0.0665. The number of amides is 2. The van der Waals surface area contributed by atoms with Crippen molar-refractivity contribution in [3.05, 3.63) is 50.3 Å². The number of carbonyl (C=O) groups is 4. The maximum atomic E-state index is 12.4. The molecule has 0 aliphatic rings. The van der Waals surface area contributed by atoms with Crippen LogP contribution in [0.5, 0.6) is 0 Å². The Kier molecular flexibility index (Phi) is 15.4. The Balaban J connectivity index is 1.66. The highest BCUT2D eigenvalue weighted by molar-refractivity contribution is 5.86. The second-order valence-electron chi connectivity index (χ2n) is 10.0. The van der Waals surface area contributed by atoms with Crippen LogP contribution in [-0.2, 0) is 37.0 Å². The van der Waals surface area contributed by atoms with Gasteiger partial charge in [-0.3, -0.25) is 29.7 Å². The normalized spacial score (nSPS) is 12.1. The van der Waals surface area contributed by atoms with Crippen LogP contribution in [0.25, 0.3) is 0 Å². The van der Waals surface area contributed by atoms with Crippen molar-refractivity contribution in [2.45, 2.75) is 57.3 Å². The molecule has 0 bridgehead atoms. The number of non-ortho nitro benzene ring substituents is 1. The molecule has 47 heavy (non-hydrogen) atoms. The first kappa shape index (κ1) is 37.7. The summed E-state index contributed by atoms with van der Waals surface area (Å²) in [6, 6.07) is -0.389. The third kappa shape index (κ3) is 13.2. The molecule has 1 heterocycles. The van der Waals surface area contributed by atoms with Gasteiger partial charge in [-0.1, -0.05) is 5.21 Å². The number of carboxylic acids is 3. The van der Waals surface area contributed by atoms with Gasteiger partial charge >= 0.3 is 23.9 Å². The first-order valence-corrected chi connectivity index (χ1v) is 14.2. The molecule has 1 aromatic heterocycles. The van der Waals surface area contributed by atoms with Crippen LogP contribution in [-0.4, -0.2) is 114 Å². The van der Waals surface area contributed by atoms with Crippen molar-refractivity contribution >= 4 is 41.0 Å². The maximum Gasteiger partial charge on any atom is 0.326 e. The van der Waals surface area contributed by atoms with E-state index in [1.807, 2.05) is 0 Å². The predicted molar refractivity (Wildman–Crippen MR) is 159 cm³/mol. The van der Waals surface area contributed by atoms with Crippen LogP contribution >= 0.6 is 0 Å². The minimum atomic E-state index is -1.49. The number of nitro benzene ring substituents is 2. The molecule has 2 atom stereocenters. The fourth-order valence-electron chi connectivity index (χ4n) is 4.11. The molecule has 5 N–H and O–H groups in total. The summed E-state index contributed by atoms with van der Waals surface area (Å²) in [4.78, 5) is 67.7. The van der Waals surface area contributed by atoms with Crippen LogP contribution in [0.1, 0.15) is 37.8 Å². The van der Waals surface area contributed by atoms with Gasteiger partial charge in [-0.05, 0) is 31.7 Å². The zero-order valence-corrected chi connectivity index (χ0v) is 25.3. The van der Waals surface area contributed by atoms with E-state index in [1.54, 1.807) is 10.9 Å². The highest BCUT2D eigenvalue weighted by Gasteiger charge is 2.29. The second kappa shape index (κ2) is 19.2. The van der Waals surface area contributed by atoms with Crippen LogP contribution in [0.3, 0.4) is 0 Å². The van der Waals surface area contributed by atoms with Gasteiger partial charge in [0.05, 0.1) is 48.5 Å². The topological polar surface area (TPSA) is 292 Å². The van der Waals surface area contributed by atoms with Gasteiger partial charge in [-0.15, -0.1) is 5.10 Å². The number of ether oxygens (including phenoxy) is 2. The van der Waals surface area contributed by atoms with E-state index in [9.17, 15) is 49.6 Å². The molecule has 2 amide bonds. The average Bonchev–Trinajstić information content (AvgIpc) is 3.46. The Hall–Kier alpha value is -5.44. The molecule has 0 aliphatic carbocycles. The van der Waals surface area contributed by atoms with Gasteiger partial charge in [0, 0.05) is 32.6 Å². The predicted octanol–water partition coefficient (Wildman–Crippen LogP) is 1.32. The molecule has 21 nitrogen and oxygen atoms in total. The number of rotatable bonds is 23. The number of benzene rings is 1. The number of aromatic nitrogens is 3. The Morgan fingerprint density at radius 3 is 2.36 bits per heavy atom. The van der Waals surface area contributed by atoms with Crippen LogP contribution in [0.2, 0.25) is 0 Å². The van der Waals surface area contributed by atoms with E-state index in [2.05, 4.69) is 20.9 Å². The highest BCUT2D eigenvalue weighted by Crippen LogP contribution is 2.28. The number of aliphatic carboxylic acids is 3. The Morgan fingerprint density at radius 2 is 1.72 bits per heavy atom. The van der Waals surface area contributed by atoms with Crippen molar-refractivity contribution in [2.75, 3.05) is 38.7 Å². The van der Waals surface area contributed by atoms with E-state index in [0.29, 0.717) is 25.1 Å². The third-order valence-corrected chi connectivity index (χ3v) is 6.59. The average molecular weight is 669 g/mol. The number of urea groups is 1. The summed E-state index contributed by atoms with van der Waals surface area (Å²) in [5.74, 6) is -3.95. The van der Waals surface area contributed by atoms with Crippen LogP contribution in [0.4, 0.5) is 21.9 Å². The van der Waals surface area contributed by atoms with Crippen molar-refractivity contribution in [1.29, 1.82) is 0 Å². The molecule has 2 unspecified atom stereocenters. The molecule has 0 spiro atoms. The lowest BCUT2D eigenvalue weighted by atomic mass is 10.1. The van der Waals surface area contributed by atoms with E-state index in [0.717, 1.165) is 17.0 Å². The number of nitro groups is 2. The summed E-state index contributed by atoms with van der Waals surface area (Å²) < 4.78 is 12.5. The van der Waals surface area contributed by atoms with Crippen LogP contribution in [0, 0.1) is 20.2 Å². The molecule has 258 valence electrons. The number of anilines is 1. The number of likely N-dealkylation sites (N-methyl/N-ethyl adjacent to an activating group) is 1. The maximum absolute atomic E-state index is 12.4. The molecular formula is C26H36N8O13. The SMILES string of the molecule is CN(C(=O)NC(CCC(=O)O)C(=O)O)C(CCCCn1cc(COCCOCCNc2ccc([N+](=O)[O-])cc2[N+](=O)[O-])nn1)C(=O)O. The summed E-state index contributed by atoms with van der Waals surface area (Å²) >= 11 is 0. The van der Waals surface area contributed by atoms with Gasteiger partial charge in [0.25, 0.3) is 11.4 Å². The first-order chi connectivity index (χ1) is 22.3. The van der Waals surface area contributed by atoms with E-state index in [1.165, 1.54) is 13.1 Å². The Labute approximate surface area is 266 Å². The number of carbonyl (C=O) groups excluding carboxylic acids is 1. The molecule has 2 rings (SSSR count). The summed E-state index contributed by atoms with van der Waals surface area (Å²) in [5.41, 5.74) is -0.146. The van der Waals surface area contributed by atoms with Gasteiger partial charge in [0.15, 0.2) is 0 Å². The summed E-state index contributed by atoms with van der Waals surface area (Å²) in [5, 5.41) is 62.5. The molecule has 0 saturated carbocycles. The van der Waals surface area contributed by atoms with E-state index in [4.69, 9.17) is 14.6 Å². The smallest absolute Gasteiger partial charge is 0.326 e. The molecule has 0 radical (unpaired) electrons. The van der Waals surface area contributed by atoms with Gasteiger partial charge < -0.3 is 40.3 Å². The number of nitrogens with one attached hydrogen (secondary N) is 2. The molecule has 1 aromatic carbocycles. The molecule has 0 saturated heterocycles. The largest absolute Gasteiger partial charge is 0.481 e. The minimum Gasteiger partial charge on any atom is -0.481 e. The first-order valence-electron chi connectivity index (χ1n) is 14.2. The third-order valence-electron chi connectivity index (χ3n) is 6.59. The zero-order valence-electron chi connectivity index (χ0n) is 25.3. The highest BCUT2D eigenvalue weighted by atomic mass is 16.6. The van der Waals surface area contributed by atoms with E-state index >= 15 is 0 Å². The lowest BCUT2D eigenvalue weighted by molar-refractivity contribution is -0.393. The van der Waals surface area contributed by atoms with Crippen molar-refractivity contribution in [2.24, 2.45) is 0 Å². The molecule has 21 heteroatoms. The van der Waals surface area contributed by atoms with Gasteiger partial charge in [-0.2, -0.15) is 0 Å². The zero-order chi connectivity index (χ0) is 34.9. The molecular weight excluding hydrogens is 632 g/mol. The van der Waals surface area contributed by atoms with E-state index in [-0.39, 0.29) is 57.2 Å². The fourth-order valence-corrected chi connectivity index (χ4v) is 4.11. The monoisotopic (exact) mass is 668 g/mol. The Bertz CT molecular complexity index is 1400. The summed E-state index contributed by atoms with van der Waals surface area (Å²) in [6.07, 6.45) is 1.74. The van der Waals surface area contributed by atoms with Gasteiger partial charge in [0.1, 0.15) is 23.5 Å². The number of hydrogen-bond acceptors (Lipinski definition) is 13. The number of hydrogen-bond donors (Lipinski definition) is 5. The quantitative estimate of drug-likeness (QED) is 0.0633. The number of carboxylic acid groups (broad SMARTS) is 3. The molecule has 0 aliphatic heterocycles. The van der Waals surface area contributed by atoms with Crippen molar-refractivity contribution in [1.82, 2.24) is 25.2 Å². The number of aryl methyl sites for hydroxylation is 1. The summed E-state index contributed by atoms with van der Waals surface area (Å²) in [7, 11) is 1.21. The van der Waals surface area contributed by atoms with E-state index < -0.39 is 58.0 Å². The Morgan fingerprint density at radius 1 is 1.00 bits per heavy atom. The van der Waals surface area contributed by atoms with Crippen molar-refractivity contribution in [3.63, 3.8) is 0 Å².